The van der Waals surface area contributed by atoms with Gasteiger partial charge in [-0.05, 0) is 36.1 Å². The van der Waals surface area contributed by atoms with Gasteiger partial charge in [0.1, 0.15) is 6.07 Å². The Morgan fingerprint density at radius 3 is 2.82 bits per heavy atom. The smallest absolute Gasteiger partial charge is 0.101 e. The molecule has 0 fully saturated rings. The van der Waals surface area contributed by atoms with Crippen LogP contribution in [0.25, 0.3) is 0 Å². The van der Waals surface area contributed by atoms with Crippen molar-refractivity contribution in [1.82, 2.24) is 0 Å². The van der Waals surface area contributed by atoms with Crippen LogP contribution in [0.3, 0.4) is 0 Å². The number of thiophene rings is 1. The van der Waals surface area contributed by atoms with Crippen molar-refractivity contribution in [2.75, 3.05) is 11.9 Å². The van der Waals surface area contributed by atoms with Gasteiger partial charge in [0.2, 0.25) is 0 Å². The van der Waals surface area contributed by atoms with Crippen LogP contribution in [0.2, 0.25) is 0 Å². The molecule has 3 heteroatoms. The number of hydrogen-bond donors (Lipinski definition) is 0. The quantitative estimate of drug-likeness (QED) is 0.822. The number of aryl methyl sites for hydroxylation is 1. The van der Waals surface area contributed by atoms with Gasteiger partial charge in [-0.15, -0.1) is 11.3 Å². The molecule has 0 aliphatic rings. The van der Waals surface area contributed by atoms with Crippen LogP contribution in [0.15, 0.2) is 35.7 Å². The van der Waals surface area contributed by atoms with E-state index in [-0.39, 0.29) is 0 Å². The van der Waals surface area contributed by atoms with Crippen LogP contribution in [-0.4, -0.2) is 7.05 Å². The van der Waals surface area contributed by atoms with Crippen molar-refractivity contribution in [1.29, 1.82) is 5.26 Å². The lowest BCUT2D eigenvalue weighted by Crippen LogP contribution is -2.16. The van der Waals surface area contributed by atoms with E-state index in [1.54, 1.807) is 11.3 Å². The molecule has 0 unspecified atom stereocenters. The Kier molecular flexibility index (Phi) is 3.46. The summed E-state index contributed by atoms with van der Waals surface area (Å²) >= 11 is 1.74. The lowest BCUT2D eigenvalue weighted by atomic mass is 10.1. The standard InChI is InChI=1S/C14H14N2S/c1-11-5-6-14(12(8-11)9-15)16(2)10-13-4-3-7-17-13/h3-8H,10H2,1-2H3. The van der Waals surface area contributed by atoms with Crippen molar-refractivity contribution in [2.24, 2.45) is 0 Å². The number of anilines is 1. The third kappa shape index (κ3) is 2.66. The highest BCUT2D eigenvalue weighted by molar-refractivity contribution is 7.09. The SMILES string of the molecule is Cc1ccc(N(C)Cc2cccs2)c(C#N)c1. The maximum Gasteiger partial charge on any atom is 0.101 e. The molecule has 0 atom stereocenters. The Labute approximate surface area is 106 Å². The summed E-state index contributed by atoms with van der Waals surface area (Å²) in [5.41, 5.74) is 2.85. The zero-order chi connectivity index (χ0) is 12.3. The van der Waals surface area contributed by atoms with E-state index >= 15 is 0 Å². The van der Waals surface area contributed by atoms with Crippen molar-refractivity contribution in [2.45, 2.75) is 13.5 Å². The van der Waals surface area contributed by atoms with Crippen LogP contribution >= 0.6 is 11.3 Å². The van der Waals surface area contributed by atoms with E-state index < -0.39 is 0 Å². The maximum atomic E-state index is 9.14. The van der Waals surface area contributed by atoms with Crippen LogP contribution in [0.5, 0.6) is 0 Å². The van der Waals surface area contributed by atoms with Crippen LogP contribution in [-0.2, 0) is 6.54 Å². The van der Waals surface area contributed by atoms with Crippen LogP contribution < -0.4 is 4.90 Å². The summed E-state index contributed by atoms with van der Waals surface area (Å²) in [6, 6.07) is 12.4. The van der Waals surface area contributed by atoms with E-state index in [4.69, 9.17) is 5.26 Å². The van der Waals surface area contributed by atoms with Crippen molar-refractivity contribution in [3.05, 3.63) is 51.7 Å². The molecular formula is C14H14N2S. The predicted molar refractivity (Wildman–Crippen MR) is 72.3 cm³/mol. The first kappa shape index (κ1) is 11.7. The second-order valence-electron chi connectivity index (χ2n) is 4.07. The fourth-order valence-electron chi connectivity index (χ4n) is 1.79. The van der Waals surface area contributed by atoms with Crippen molar-refractivity contribution >= 4 is 17.0 Å². The zero-order valence-corrected chi connectivity index (χ0v) is 10.8. The summed E-state index contributed by atoms with van der Waals surface area (Å²) < 4.78 is 0. The number of benzene rings is 1. The molecule has 2 nitrogen and oxygen atoms in total. The second-order valence-corrected chi connectivity index (χ2v) is 5.10. The molecule has 0 bridgehead atoms. The first-order valence-electron chi connectivity index (χ1n) is 5.45. The molecule has 17 heavy (non-hydrogen) atoms. The molecule has 0 aliphatic heterocycles. The Balaban J connectivity index is 2.25. The first-order valence-corrected chi connectivity index (χ1v) is 6.33. The third-order valence-electron chi connectivity index (χ3n) is 2.66. The van der Waals surface area contributed by atoms with E-state index in [1.165, 1.54) is 4.88 Å². The molecule has 0 aliphatic carbocycles. The van der Waals surface area contributed by atoms with Gasteiger partial charge in [0, 0.05) is 11.9 Å². The molecule has 0 amide bonds. The van der Waals surface area contributed by atoms with Crippen molar-refractivity contribution in [3.63, 3.8) is 0 Å². The monoisotopic (exact) mass is 242 g/mol. The van der Waals surface area contributed by atoms with Crippen molar-refractivity contribution < 1.29 is 0 Å². The molecule has 0 spiro atoms. The van der Waals surface area contributed by atoms with Gasteiger partial charge in [-0.2, -0.15) is 5.26 Å². The van der Waals surface area contributed by atoms with Gasteiger partial charge < -0.3 is 4.90 Å². The maximum absolute atomic E-state index is 9.14. The number of hydrogen-bond acceptors (Lipinski definition) is 3. The molecule has 86 valence electrons. The molecule has 2 aromatic rings. The van der Waals surface area contributed by atoms with E-state index in [0.717, 1.165) is 23.4 Å². The Hall–Kier alpha value is -1.79. The van der Waals surface area contributed by atoms with Gasteiger partial charge in [0.25, 0.3) is 0 Å². The molecule has 1 heterocycles. The van der Waals surface area contributed by atoms with Crippen LogP contribution in [0, 0.1) is 18.3 Å². The fourth-order valence-corrected chi connectivity index (χ4v) is 2.55. The molecule has 1 aromatic heterocycles. The van der Waals surface area contributed by atoms with Gasteiger partial charge in [-0.1, -0.05) is 12.1 Å². The summed E-state index contributed by atoms with van der Waals surface area (Å²) in [6.45, 7) is 2.85. The minimum Gasteiger partial charge on any atom is -0.368 e. The van der Waals surface area contributed by atoms with E-state index in [1.807, 2.05) is 38.2 Å². The van der Waals surface area contributed by atoms with Gasteiger partial charge >= 0.3 is 0 Å². The highest BCUT2D eigenvalue weighted by Crippen LogP contribution is 2.22. The van der Waals surface area contributed by atoms with Crippen molar-refractivity contribution in [3.8, 4) is 6.07 Å². The van der Waals surface area contributed by atoms with Crippen LogP contribution in [0.1, 0.15) is 16.0 Å². The van der Waals surface area contributed by atoms with Gasteiger partial charge in [0.05, 0.1) is 17.8 Å². The minimum atomic E-state index is 0.740. The highest BCUT2D eigenvalue weighted by Gasteiger charge is 2.08. The molecule has 0 saturated carbocycles. The number of nitriles is 1. The average molecular weight is 242 g/mol. The molecule has 0 saturated heterocycles. The lowest BCUT2D eigenvalue weighted by Gasteiger charge is -2.20. The zero-order valence-electron chi connectivity index (χ0n) is 9.97. The summed E-state index contributed by atoms with van der Waals surface area (Å²) in [4.78, 5) is 3.42. The summed E-state index contributed by atoms with van der Waals surface area (Å²) in [6.07, 6.45) is 0. The normalized spacial score (nSPS) is 9.94. The van der Waals surface area contributed by atoms with E-state index in [9.17, 15) is 0 Å². The molecule has 0 N–H and O–H groups in total. The Bertz CT molecular complexity index is 538. The molecule has 0 radical (unpaired) electrons. The second kappa shape index (κ2) is 5.03. The largest absolute Gasteiger partial charge is 0.368 e. The van der Waals surface area contributed by atoms with E-state index in [2.05, 4.69) is 22.4 Å². The first-order chi connectivity index (χ1) is 8.20. The lowest BCUT2D eigenvalue weighted by molar-refractivity contribution is 0.937. The molecule has 1 aromatic carbocycles. The third-order valence-corrected chi connectivity index (χ3v) is 3.52. The Morgan fingerprint density at radius 2 is 2.18 bits per heavy atom. The number of rotatable bonds is 3. The Morgan fingerprint density at radius 1 is 1.35 bits per heavy atom. The van der Waals surface area contributed by atoms with Gasteiger partial charge in [-0.3, -0.25) is 0 Å². The van der Waals surface area contributed by atoms with Gasteiger partial charge in [-0.25, -0.2) is 0 Å². The summed E-state index contributed by atoms with van der Waals surface area (Å²) in [5.74, 6) is 0. The van der Waals surface area contributed by atoms with Gasteiger partial charge in [0.15, 0.2) is 0 Å². The minimum absolute atomic E-state index is 0.740. The molecule has 2 rings (SSSR count). The van der Waals surface area contributed by atoms with E-state index in [0.29, 0.717) is 0 Å². The average Bonchev–Trinajstić information content (AvgIpc) is 2.81. The van der Waals surface area contributed by atoms with Crippen LogP contribution in [0.4, 0.5) is 5.69 Å². The molecular weight excluding hydrogens is 228 g/mol. The predicted octanol–water partition coefficient (Wildman–Crippen LogP) is 3.56. The number of nitrogens with zero attached hydrogens (tertiary/aromatic N) is 2. The fraction of sp³-hybridized carbons (Fsp3) is 0.214. The highest BCUT2D eigenvalue weighted by atomic mass is 32.1. The summed E-state index contributed by atoms with van der Waals surface area (Å²) in [7, 11) is 2.02. The summed E-state index contributed by atoms with van der Waals surface area (Å²) in [5, 5.41) is 11.2. The topological polar surface area (TPSA) is 27.0 Å².